The highest BCUT2D eigenvalue weighted by atomic mass is 16.3. The lowest BCUT2D eigenvalue weighted by atomic mass is 10.0. The maximum absolute atomic E-state index is 9.58. The maximum atomic E-state index is 9.58. The number of hydrogen-bond donors (Lipinski definition) is 2. The molecule has 13 heavy (non-hydrogen) atoms. The van der Waals surface area contributed by atoms with E-state index in [9.17, 15) is 5.11 Å². The van der Waals surface area contributed by atoms with Crippen LogP contribution in [0.15, 0.2) is 0 Å². The van der Waals surface area contributed by atoms with Crippen molar-refractivity contribution < 1.29 is 5.11 Å². The average Bonchev–Trinajstić information content (AvgIpc) is 2.54. The molecule has 0 amide bonds. The second kappa shape index (κ2) is 5.61. The van der Waals surface area contributed by atoms with Gasteiger partial charge in [0, 0.05) is 6.04 Å². The Bertz CT molecular complexity index is 134. The monoisotopic (exact) mass is 185 g/mol. The Morgan fingerprint density at radius 1 is 1.31 bits per heavy atom. The van der Waals surface area contributed by atoms with Crippen LogP contribution in [0, 0.1) is 5.92 Å². The number of rotatable bonds is 5. The van der Waals surface area contributed by atoms with Crippen molar-refractivity contribution in [1.82, 2.24) is 5.32 Å². The largest absolute Gasteiger partial charge is 0.392 e. The van der Waals surface area contributed by atoms with Gasteiger partial charge in [0.25, 0.3) is 0 Å². The first-order chi connectivity index (χ1) is 6.27. The van der Waals surface area contributed by atoms with Crippen LogP contribution in [0.2, 0.25) is 0 Å². The molecule has 0 bridgehead atoms. The fourth-order valence-corrected chi connectivity index (χ4v) is 2.07. The van der Waals surface area contributed by atoms with E-state index in [2.05, 4.69) is 19.2 Å². The molecule has 0 heterocycles. The second-order valence-corrected chi connectivity index (χ2v) is 4.20. The Morgan fingerprint density at radius 2 is 2.00 bits per heavy atom. The van der Waals surface area contributed by atoms with E-state index < -0.39 is 0 Å². The fraction of sp³-hybridized carbons (Fsp3) is 1.00. The highest BCUT2D eigenvalue weighted by Crippen LogP contribution is 2.19. The van der Waals surface area contributed by atoms with Gasteiger partial charge in [0.05, 0.1) is 6.10 Å². The summed E-state index contributed by atoms with van der Waals surface area (Å²) in [7, 11) is 0. The number of aliphatic hydroxyl groups excluding tert-OH is 1. The van der Waals surface area contributed by atoms with Gasteiger partial charge < -0.3 is 10.4 Å². The van der Waals surface area contributed by atoms with E-state index >= 15 is 0 Å². The molecule has 0 aromatic rings. The van der Waals surface area contributed by atoms with Crippen LogP contribution in [-0.2, 0) is 0 Å². The van der Waals surface area contributed by atoms with Gasteiger partial charge in [-0.25, -0.2) is 0 Å². The molecule has 0 radical (unpaired) electrons. The molecule has 0 unspecified atom stereocenters. The van der Waals surface area contributed by atoms with E-state index in [1.54, 1.807) is 0 Å². The molecular formula is C11H23NO. The van der Waals surface area contributed by atoms with Crippen molar-refractivity contribution in [2.75, 3.05) is 6.54 Å². The molecule has 0 aliphatic heterocycles. The van der Waals surface area contributed by atoms with Crippen molar-refractivity contribution in [3.63, 3.8) is 0 Å². The maximum Gasteiger partial charge on any atom is 0.0693 e. The van der Waals surface area contributed by atoms with Gasteiger partial charge in [-0.2, -0.15) is 0 Å². The molecule has 2 N–H and O–H groups in total. The molecule has 1 aliphatic rings. The van der Waals surface area contributed by atoms with Crippen LogP contribution >= 0.6 is 0 Å². The molecule has 0 spiro atoms. The van der Waals surface area contributed by atoms with E-state index in [1.165, 1.54) is 19.3 Å². The third-order valence-electron chi connectivity index (χ3n) is 3.30. The Morgan fingerprint density at radius 3 is 2.46 bits per heavy atom. The number of nitrogens with one attached hydrogen (secondary N) is 1. The zero-order chi connectivity index (χ0) is 9.68. The predicted octanol–water partition coefficient (Wildman–Crippen LogP) is 1.93. The third kappa shape index (κ3) is 3.28. The predicted molar refractivity (Wildman–Crippen MR) is 55.7 cm³/mol. The van der Waals surface area contributed by atoms with Crippen LogP contribution in [0.3, 0.4) is 0 Å². The van der Waals surface area contributed by atoms with Crippen LogP contribution in [-0.4, -0.2) is 23.8 Å². The topological polar surface area (TPSA) is 32.3 Å². The van der Waals surface area contributed by atoms with Gasteiger partial charge in [0.15, 0.2) is 0 Å². The van der Waals surface area contributed by atoms with Crippen molar-refractivity contribution in [3.8, 4) is 0 Å². The molecule has 1 aliphatic carbocycles. The Labute approximate surface area is 81.7 Å². The van der Waals surface area contributed by atoms with Crippen LogP contribution < -0.4 is 5.32 Å². The van der Waals surface area contributed by atoms with Crippen molar-refractivity contribution in [3.05, 3.63) is 0 Å². The van der Waals surface area contributed by atoms with E-state index in [1.807, 2.05) is 0 Å². The van der Waals surface area contributed by atoms with E-state index in [0.717, 1.165) is 25.3 Å². The normalized spacial score (nSPS) is 28.6. The lowest BCUT2D eigenvalue weighted by molar-refractivity contribution is 0.146. The molecule has 2 atom stereocenters. The molecule has 0 saturated heterocycles. The quantitative estimate of drug-likeness (QED) is 0.686. The van der Waals surface area contributed by atoms with Crippen LogP contribution in [0.4, 0.5) is 0 Å². The zero-order valence-corrected chi connectivity index (χ0v) is 8.92. The first-order valence-corrected chi connectivity index (χ1v) is 5.69. The molecule has 0 aromatic carbocycles. The van der Waals surface area contributed by atoms with Gasteiger partial charge in [-0.3, -0.25) is 0 Å². The smallest absolute Gasteiger partial charge is 0.0693 e. The highest BCUT2D eigenvalue weighted by Gasteiger charge is 2.24. The summed E-state index contributed by atoms with van der Waals surface area (Å²) >= 11 is 0. The van der Waals surface area contributed by atoms with Gasteiger partial charge in [0.2, 0.25) is 0 Å². The Hall–Kier alpha value is -0.0800. The van der Waals surface area contributed by atoms with Gasteiger partial charge in [-0.15, -0.1) is 0 Å². The van der Waals surface area contributed by atoms with Gasteiger partial charge in [0.1, 0.15) is 0 Å². The molecule has 0 aromatic heterocycles. The SMILES string of the molecule is CCC(CC)CN[C@@H]1CCC[C@H]1O. The van der Waals surface area contributed by atoms with Crippen molar-refractivity contribution in [2.45, 2.75) is 58.1 Å². The minimum atomic E-state index is -0.0886. The summed E-state index contributed by atoms with van der Waals surface area (Å²) in [5.74, 6) is 0.785. The molecule has 2 heteroatoms. The minimum absolute atomic E-state index is 0.0886. The molecule has 1 saturated carbocycles. The van der Waals surface area contributed by atoms with Crippen molar-refractivity contribution in [1.29, 1.82) is 0 Å². The standard InChI is InChI=1S/C11H23NO/c1-3-9(4-2)8-12-10-6-5-7-11(10)13/h9-13H,3-8H2,1-2H3/t10-,11-/m1/s1. The van der Waals surface area contributed by atoms with Crippen LogP contribution in [0.1, 0.15) is 46.0 Å². The minimum Gasteiger partial charge on any atom is -0.392 e. The lowest BCUT2D eigenvalue weighted by Crippen LogP contribution is -2.38. The summed E-state index contributed by atoms with van der Waals surface area (Å²) in [5.41, 5.74) is 0. The van der Waals surface area contributed by atoms with Crippen molar-refractivity contribution in [2.24, 2.45) is 5.92 Å². The molecule has 78 valence electrons. The zero-order valence-electron chi connectivity index (χ0n) is 8.92. The van der Waals surface area contributed by atoms with E-state index in [0.29, 0.717) is 6.04 Å². The average molecular weight is 185 g/mol. The highest BCUT2D eigenvalue weighted by molar-refractivity contribution is 4.82. The second-order valence-electron chi connectivity index (χ2n) is 4.20. The van der Waals surface area contributed by atoms with Gasteiger partial charge in [-0.1, -0.05) is 26.7 Å². The fourth-order valence-electron chi connectivity index (χ4n) is 2.07. The van der Waals surface area contributed by atoms with E-state index in [4.69, 9.17) is 0 Å². The molecule has 1 fully saturated rings. The lowest BCUT2D eigenvalue weighted by Gasteiger charge is -2.20. The first-order valence-electron chi connectivity index (χ1n) is 5.69. The van der Waals surface area contributed by atoms with E-state index in [-0.39, 0.29) is 6.10 Å². The summed E-state index contributed by atoms with van der Waals surface area (Å²) in [6, 6.07) is 0.376. The third-order valence-corrected chi connectivity index (χ3v) is 3.30. The Kier molecular flexibility index (Phi) is 4.74. The first kappa shape index (κ1) is 11.0. The Balaban J connectivity index is 2.17. The summed E-state index contributed by atoms with van der Waals surface area (Å²) < 4.78 is 0. The summed E-state index contributed by atoms with van der Waals surface area (Å²) in [6.07, 6.45) is 5.72. The van der Waals surface area contributed by atoms with Crippen LogP contribution in [0.25, 0.3) is 0 Å². The number of hydrogen-bond acceptors (Lipinski definition) is 2. The summed E-state index contributed by atoms with van der Waals surface area (Å²) in [4.78, 5) is 0. The number of aliphatic hydroxyl groups is 1. The summed E-state index contributed by atoms with van der Waals surface area (Å²) in [6.45, 7) is 5.55. The summed E-state index contributed by atoms with van der Waals surface area (Å²) in [5, 5.41) is 13.1. The molecule has 1 rings (SSSR count). The molecule has 2 nitrogen and oxygen atoms in total. The van der Waals surface area contributed by atoms with Crippen LogP contribution in [0.5, 0.6) is 0 Å². The van der Waals surface area contributed by atoms with Gasteiger partial charge >= 0.3 is 0 Å². The van der Waals surface area contributed by atoms with Gasteiger partial charge in [-0.05, 0) is 31.7 Å². The molecular weight excluding hydrogens is 162 g/mol. The van der Waals surface area contributed by atoms with Crippen molar-refractivity contribution >= 4 is 0 Å².